The zero-order valence-corrected chi connectivity index (χ0v) is 19.8. The summed E-state index contributed by atoms with van der Waals surface area (Å²) < 4.78 is 11.0. The Balaban J connectivity index is 1.71. The maximum atomic E-state index is 12.4. The molecule has 7 nitrogen and oxygen atoms in total. The van der Waals surface area contributed by atoms with E-state index < -0.39 is 22.0 Å². The first-order chi connectivity index (χ1) is 14.9. The van der Waals surface area contributed by atoms with Crippen molar-refractivity contribution in [2.24, 2.45) is 28.6 Å². The molecular weight excluding hydrogens is 412 g/mol. The molecule has 4 saturated carbocycles. The maximum Gasteiger partial charge on any atom is 0.302 e. The van der Waals surface area contributed by atoms with Crippen LogP contribution in [0.25, 0.3) is 0 Å². The zero-order chi connectivity index (χ0) is 23.5. The number of ether oxygens (including phenoxy) is 2. The van der Waals surface area contributed by atoms with E-state index in [9.17, 15) is 24.6 Å². The molecule has 4 fully saturated rings. The Kier molecular flexibility index (Phi) is 5.77. The van der Waals surface area contributed by atoms with Gasteiger partial charge in [0.1, 0.15) is 11.9 Å². The second kappa shape index (κ2) is 7.79. The summed E-state index contributed by atoms with van der Waals surface area (Å²) in [5.41, 5.74) is -3.26. The lowest BCUT2D eigenvalue weighted by Gasteiger charge is -2.66. The van der Waals surface area contributed by atoms with E-state index in [1.165, 1.54) is 13.8 Å². The lowest BCUT2D eigenvalue weighted by atomic mass is 9.41. The Labute approximate surface area is 190 Å². The quantitative estimate of drug-likeness (QED) is 0.634. The van der Waals surface area contributed by atoms with Crippen molar-refractivity contribution in [2.45, 2.75) is 103 Å². The summed E-state index contributed by atoms with van der Waals surface area (Å²) in [7, 11) is 0. The van der Waals surface area contributed by atoms with Crippen molar-refractivity contribution in [3.63, 3.8) is 0 Å². The van der Waals surface area contributed by atoms with Crippen molar-refractivity contribution in [3.05, 3.63) is 0 Å². The Hall–Kier alpha value is -1.47. The van der Waals surface area contributed by atoms with Gasteiger partial charge in [0.15, 0.2) is 0 Å². The Morgan fingerprint density at radius 3 is 2.19 bits per heavy atom. The second-order valence-corrected chi connectivity index (χ2v) is 11.3. The van der Waals surface area contributed by atoms with Crippen LogP contribution in [0.1, 0.15) is 85.5 Å². The highest BCUT2D eigenvalue weighted by Crippen LogP contribution is 2.70. The zero-order valence-electron chi connectivity index (χ0n) is 19.8. The van der Waals surface area contributed by atoms with Crippen LogP contribution in [0.3, 0.4) is 0 Å². The summed E-state index contributed by atoms with van der Waals surface area (Å²) in [6.07, 6.45) is 5.00. The molecular formula is C25H38O7. The van der Waals surface area contributed by atoms with Gasteiger partial charge in [0, 0.05) is 37.0 Å². The van der Waals surface area contributed by atoms with E-state index in [2.05, 4.69) is 6.92 Å². The average molecular weight is 451 g/mol. The molecule has 4 rings (SSSR count). The minimum Gasteiger partial charge on any atom is -0.465 e. The van der Waals surface area contributed by atoms with E-state index in [1.807, 2.05) is 0 Å². The highest BCUT2D eigenvalue weighted by atomic mass is 16.5. The minimum absolute atomic E-state index is 0.0253. The second-order valence-electron chi connectivity index (χ2n) is 11.3. The fourth-order valence-corrected chi connectivity index (χ4v) is 8.50. The summed E-state index contributed by atoms with van der Waals surface area (Å²) in [6.45, 7) is 6.56. The van der Waals surface area contributed by atoms with Crippen molar-refractivity contribution in [3.8, 4) is 0 Å². The molecule has 32 heavy (non-hydrogen) atoms. The summed E-state index contributed by atoms with van der Waals surface area (Å²) in [5, 5.41) is 24.1. The molecule has 0 aromatic carbocycles. The lowest BCUT2D eigenvalue weighted by Crippen LogP contribution is -2.69. The van der Waals surface area contributed by atoms with Crippen LogP contribution in [0.5, 0.6) is 0 Å². The molecule has 0 radical (unpaired) electrons. The molecule has 0 amide bonds. The molecule has 8 atom stereocenters. The average Bonchev–Trinajstić information content (AvgIpc) is 2.97. The molecule has 2 N–H and O–H groups in total. The van der Waals surface area contributed by atoms with Crippen LogP contribution in [-0.2, 0) is 23.9 Å². The summed E-state index contributed by atoms with van der Waals surface area (Å²) >= 11 is 0. The van der Waals surface area contributed by atoms with E-state index in [0.29, 0.717) is 51.4 Å². The number of hydrogen-bond acceptors (Lipinski definition) is 7. The van der Waals surface area contributed by atoms with Gasteiger partial charge in [-0.05, 0) is 70.1 Å². The fraction of sp³-hybridized carbons (Fsp3) is 0.880. The predicted molar refractivity (Wildman–Crippen MR) is 115 cm³/mol. The number of hydrogen-bond donors (Lipinski definition) is 2. The molecule has 7 heteroatoms. The highest BCUT2D eigenvalue weighted by Gasteiger charge is 2.71. The van der Waals surface area contributed by atoms with E-state index in [1.54, 1.807) is 6.92 Å². The van der Waals surface area contributed by atoms with Gasteiger partial charge in [0.05, 0.1) is 17.8 Å². The van der Waals surface area contributed by atoms with Crippen LogP contribution < -0.4 is 0 Å². The van der Waals surface area contributed by atoms with Crippen LogP contribution in [0.4, 0.5) is 0 Å². The third-order valence-corrected chi connectivity index (χ3v) is 9.99. The van der Waals surface area contributed by atoms with Crippen LogP contribution in [0, 0.1) is 28.6 Å². The van der Waals surface area contributed by atoms with E-state index >= 15 is 0 Å². The van der Waals surface area contributed by atoms with Crippen molar-refractivity contribution < 1.29 is 34.1 Å². The van der Waals surface area contributed by atoms with Crippen molar-refractivity contribution in [1.29, 1.82) is 0 Å². The molecule has 180 valence electrons. The summed E-state index contributed by atoms with van der Waals surface area (Å²) in [6, 6.07) is 0. The molecule has 4 aliphatic carbocycles. The van der Waals surface area contributed by atoms with Gasteiger partial charge in [-0.2, -0.15) is 0 Å². The fourth-order valence-electron chi connectivity index (χ4n) is 8.50. The molecule has 0 unspecified atom stereocenters. The van der Waals surface area contributed by atoms with Gasteiger partial charge in [0.2, 0.25) is 0 Å². The number of rotatable bonds is 4. The predicted octanol–water partition coefficient (Wildman–Crippen LogP) is 2.94. The number of esters is 2. The van der Waals surface area contributed by atoms with Gasteiger partial charge < -0.3 is 19.7 Å². The SMILES string of the molecule is CC(=O)OC[C@]12CC[C@H](OC(C)=O)C[C@]1(O)CC[C@@H]1[C@@H]2CC[C@]2(C)[C@H](C(C)=O)CC[C@]12O. The largest absolute Gasteiger partial charge is 0.465 e. The Morgan fingerprint density at radius 1 is 0.875 bits per heavy atom. The van der Waals surface area contributed by atoms with E-state index in [4.69, 9.17) is 9.47 Å². The standard InChI is InChI=1S/C25H38O7/c1-15(26)19-8-12-25(30)21-7-11-24(29)13-18(32-17(3)28)5-10-23(24,14-31-16(2)27)20(21)6-9-22(19,25)4/h18-21,29-30H,5-14H2,1-4H3/t18-,19-,20-,21+,22+,23-,24+,25-/m0/s1. The van der Waals surface area contributed by atoms with Gasteiger partial charge in [-0.15, -0.1) is 0 Å². The summed E-state index contributed by atoms with van der Waals surface area (Å²) in [4.78, 5) is 35.7. The van der Waals surface area contributed by atoms with Crippen LogP contribution in [0.2, 0.25) is 0 Å². The third kappa shape index (κ3) is 3.25. The van der Waals surface area contributed by atoms with Crippen molar-refractivity contribution >= 4 is 17.7 Å². The molecule has 0 bridgehead atoms. The van der Waals surface area contributed by atoms with E-state index in [-0.39, 0.29) is 48.2 Å². The minimum atomic E-state index is -1.13. The summed E-state index contributed by atoms with van der Waals surface area (Å²) in [5.74, 6) is -0.829. The van der Waals surface area contributed by atoms with Crippen molar-refractivity contribution in [1.82, 2.24) is 0 Å². The van der Waals surface area contributed by atoms with Gasteiger partial charge in [0.25, 0.3) is 0 Å². The van der Waals surface area contributed by atoms with Gasteiger partial charge in [-0.1, -0.05) is 6.92 Å². The first-order valence-electron chi connectivity index (χ1n) is 12.1. The third-order valence-electron chi connectivity index (χ3n) is 9.99. The topological polar surface area (TPSA) is 110 Å². The first-order valence-corrected chi connectivity index (χ1v) is 12.1. The lowest BCUT2D eigenvalue weighted by molar-refractivity contribution is -0.272. The van der Waals surface area contributed by atoms with Crippen LogP contribution >= 0.6 is 0 Å². The smallest absolute Gasteiger partial charge is 0.302 e. The number of Topliss-reactive ketones (excluding diaryl/α,β-unsaturated/α-hetero) is 1. The molecule has 0 aliphatic heterocycles. The molecule has 0 aromatic heterocycles. The van der Waals surface area contributed by atoms with Gasteiger partial charge >= 0.3 is 11.9 Å². The van der Waals surface area contributed by atoms with Gasteiger partial charge in [-0.25, -0.2) is 0 Å². The molecule has 0 heterocycles. The number of aliphatic hydroxyl groups is 2. The Morgan fingerprint density at radius 2 is 1.56 bits per heavy atom. The first kappa shape index (κ1) is 23.7. The molecule has 0 aromatic rings. The van der Waals surface area contributed by atoms with Crippen LogP contribution in [-0.4, -0.2) is 51.8 Å². The van der Waals surface area contributed by atoms with E-state index in [0.717, 1.165) is 6.42 Å². The molecule has 0 saturated heterocycles. The molecule has 0 spiro atoms. The normalized spacial score (nSPS) is 47.6. The maximum absolute atomic E-state index is 12.4. The number of carbonyl (C=O) groups is 3. The number of ketones is 1. The number of fused-ring (bicyclic) bond motifs is 5. The Bertz CT molecular complexity index is 810. The number of carbonyl (C=O) groups excluding carboxylic acids is 3. The van der Waals surface area contributed by atoms with Crippen molar-refractivity contribution in [2.75, 3.05) is 6.61 Å². The van der Waals surface area contributed by atoms with Crippen LogP contribution in [0.15, 0.2) is 0 Å². The highest BCUT2D eigenvalue weighted by molar-refractivity contribution is 5.80. The van der Waals surface area contributed by atoms with Gasteiger partial charge in [-0.3, -0.25) is 14.4 Å². The molecule has 4 aliphatic rings. The monoisotopic (exact) mass is 450 g/mol.